The van der Waals surface area contributed by atoms with Gasteiger partial charge in [-0.25, -0.2) is 0 Å². The first-order valence-corrected chi connectivity index (χ1v) is 9.76. The third-order valence-corrected chi connectivity index (χ3v) is 5.23. The third kappa shape index (κ3) is 3.89. The van der Waals surface area contributed by atoms with Crippen LogP contribution in [0.25, 0.3) is 22.4 Å². The quantitative estimate of drug-likeness (QED) is 0.500. The van der Waals surface area contributed by atoms with Crippen molar-refractivity contribution in [2.75, 3.05) is 11.1 Å². The molecular weight excluding hydrogens is 372 g/mol. The summed E-state index contributed by atoms with van der Waals surface area (Å²) in [6.45, 7) is 4.09. The Morgan fingerprint density at radius 2 is 1.96 bits per heavy atom. The molecule has 2 aromatic carbocycles. The number of pyridine rings is 1. The fourth-order valence-electron chi connectivity index (χ4n) is 2.79. The van der Waals surface area contributed by atoms with Gasteiger partial charge in [-0.1, -0.05) is 23.9 Å². The first kappa shape index (κ1) is 18.2. The van der Waals surface area contributed by atoms with Crippen LogP contribution >= 0.6 is 11.8 Å². The maximum Gasteiger partial charge on any atom is 0.277 e. The lowest BCUT2D eigenvalue weighted by Gasteiger charge is -2.07. The van der Waals surface area contributed by atoms with Gasteiger partial charge in [-0.2, -0.15) is 0 Å². The van der Waals surface area contributed by atoms with Gasteiger partial charge in [0.05, 0.1) is 17.0 Å². The minimum absolute atomic E-state index is 0.146. The number of anilines is 1. The standard InChI is InChI=1S/C21H18N4O2S/c1-13-8-9-15(11-14(13)2)20-24-25-21(27-20)28-12-19(26)23-18-7-3-6-17-16(18)5-4-10-22-17/h3-11H,12H2,1-2H3,(H,23,26). The fraction of sp³-hybridized carbons (Fsp3) is 0.143. The molecule has 0 fully saturated rings. The summed E-state index contributed by atoms with van der Waals surface area (Å²) in [5.41, 5.74) is 4.81. The molecule has 6 nitrogen and oxygen atoms in total. The highest BCUT2D eigenvalue weighted by atomic mass is 32.2. The van der Waals surface area contributed by atoms with Crippen LogP contribution in [0.3, 0.4) is 0 Å². The van der Waals surface area contributed by atoms with E-state index in [-0.39, 0.29) is 11.7 Å². The number of carbonyl (C=O) groups excluding carboxylic acids is 1. The van der Waals surface area contributed by atoms with Gasteiger partial charge in [-0.3, -0.25) is 9.78 Å². The van der Waals surface area contributed by atoms with E-state index in [1.54, 1.807) is 6.20 Å². The van der Waals surface area contributed by atoms with E-state index in [4.69, 9.17) is 4.42 Å². The van der Waals surface area contributed by atoms with Crippen molar-refractivity contribution in [2.24, 2.45) is 0 Å². The van der Waals surface area contributed by atoms with Crippen molar-refractivity contribution in [1.29, 1.82) is 0 Å². The van der Waals surface area contributed by atoms with E-state index >= 15 is 0 Å². The Labute approximate surface area is 166 Å². The Bertz CT molecular complexity index is 1150. The van der Waals surface area contributed by atoms with E-state index in [1.165, 1.54) is 17.3 Å². The highest BCUT2D eigenvalue weighted by Crippen LogP contribution is 2.26. The van der Waals surface area contributed by atoms with Crippen LogP contribution in [0.15, 0.2) is 64.4 Å². The summed E-state index contributed by atoms with van der Waals surface area (Å²) >= 11 is 1.21. The predicted molar refractivity (Wildman–Crippen MR) is 110 cm³/mol. The van der Waals surface area contributed by atoms with E-state index < -0.39 is 0 Å². The van der Waals surface area contributed by atoms with Crippen LogP contribution in [0.4, 0.5) is 5.69 Å². The van der Waals surface area contributed by atoms with E-state index in [0.29, 0.717) is 11.1 Å². The number of nitrogens with one attached hydrogen (secondary N) is 1. The van der Waals surface area contributed by atoms with Gasteiger partial charge in [-0.15, -0.1) is 10.2 Å². The predicted octanol–water partition coefficient (Wildman–Crippen LogP) is 4.63. The third-order valence-electron chi connectivity index (χ3n) is 4.41. The van der Waals surface area contributed by atoms with Crippen LogP contribution in [0, 0.1) is 13.8 Å². The average Bonchev–Trinajstić information content (AvgIpc) is 3.18. The smallest absolute Gasteiger partial charge is 0.277 e. The van der Waals surface area contributed by atoms with Crippen LogP contribution in [-0.2, 0) is 4.79 Å². The Balaban J connectivity index is 1.41. The lowest BCUT2D eigenvalue weighted by Crippen LogP contribution is -2.14. The molecule has 2 heterocycles. The molecule has 0 aliphatic rings. The Kier molecular flexibility index (Phi) is 5.08. The van der Waals surface area contributed by atoms with Crippen LogP contribution < -0.4 is 5.32 Å². The summed E-state index contributed by atoms with van der Waals surface area (Å²) in [6.07, 6.45) is 1.73. The second kappa shape index (κ2) is 7.82. The molecule has 140 valence electrons. The van der Waals surface area contributed by atoms with Crippen molar-refractivity contribution in [3.05, 3.63) is 65.9 Å². The fourth-order valence-corrected chi connectivity index (χ4v) is 3.35. The SMILES string of the molecule is Cc1ccc(-c2nnc(SCC(=O)Nc3cccc4ncccc34)o2)cc1C. The maximum absolute atomic E-state index is 12.3. The molecule has 1 amide bonds. The zero-order chi connectivity index (χ0) is 19.5. The van der Waals surface area contributed by atoms with Gasteiger partial charge in [0, 0.05) is 17.1 Å². The van der Waals surface area contributed by atoms with Gasteiger partial charge < -0.3 is 9.73 Å². The van der Waals surface area contributed by atoms with Crippen molar-refractivity contribution in [2.45, 2.75) is 19.1 Å². The first-order chi connectivity index (χ1) is 13.6. The Morgan fingerprint density at radius 3 is 2.82 bits per heavy atom. The van der Waals surface area contributed by atoms with E-state index in [9.17, 15) is 4.79 Å². The molecule has 2 aromatic heterocycles. The lowest BCUT2D eigenvalue weighted by molar-refractivity contribution is -0.113. The molecule has 28 heavy (non-hydrogen) atoms. The highest BCUT2D eigenvalue weighted by molar-refractivity contribution is 7.99. The number of amides is 1. The molecule has 0 saturated heterocycles. The summed E-state index contributed by atoms with van der Waals surface area (Å²) in [4.78, 5) is 16.6. The summed E-state index contributed by atoms with van der Waals surface area (Å²) in [6, 6.07) is 15.4. The lowest BCUT2D eigenvalue weighted by atomic mass is 10.1. The van der Waals surface area contributed by atoms with Gasteiger partial charge in [0.15, 0.2) is 0 Å². The van der Waals surface area contributed by atoms with Crippen molar-refractivity contribution in [3.8, 4) is 11.5 Å². The average molecular weight is 390 g/mol. The van der Waals surface area contributed by atoms with E-state index in [1.807, 2.05) is 55.5 Å². The molecule has 1 N–H and O–H groups in total. The van der Waals surface area contributed by atoms with Crippen molar-refractivity contribution in [3.63, 3.8) is 0 Å². The van der Waals surface area contributed by atoms with E-state index in [0.717, 1.165) is 27.7 Å². The minimum atomic E-state index is -0.146. The van der Waals surface area contributed by atoms with Gasteiger partial charge in [0.25, 0.3) is 5.22 Å². The number of benzene rings is 2. The van der Waals surface area contributed by atoms with Crippen LogP contribution in [0.5, 0.6) is 0 Å². The number of hydrogen-bond donors (Lipinski definition) is 1. The zero-order valence-electron chi connectivity index (χ0n) is 15.5. The number of carbonyl (C=O) groups is 1. The summed E-state index contributed by atoms with van der Waals surface area (Å²) in [7, 11) is 0. The monoisotopic (exact) mass is 390 g/mol. The first-order valence-electron chi connectivity index (χ1n) is 8.78. The zero-order valence-corrected chi connectivity index (χ0v) is 16.3. The normalized spacial score (nSPS) is 10.9. The Morgan fingerprint density at radius 1 is 1.07 bits per heavy atom. The topological polar surface area (TPSA) is 80.9 Å². The molecule has 0 spiro atoms. The number of thioether (sulfide) groups is 1. The van der Waals surface area contributed by atoms with Gasteiger partial charge in [0.1, 0.15) is 0 Å². The Hall–Kier alpha value is -3.19. The van der Waals surface area contributed by atoms with Crippen molar-refractivity contribution in [1.82, 2.24) is 15.2 Å². The summed E-state index contributed by atoms with van der Waals surface area (Å²) < 4.78 is 5.69. The molecule has 4 aromatic rings. The van der Waals surface area contributed by atoms with Crippen molar-refractivity contribution >= 4 is 34.3 Å². The van der Waals surface area contributed by atoms with Crippen molar-refractivity contribution < 1.29 is 9.21 Å². The van der Waals surface area contributed by atoms with Crippen LogP contribution in [0.1, 0.15) is 11.1 Å². The molecule has 0 unspecified atom stereocenters. The highest BCUT2D eigenvalue weighted by Gasteiger charge is 2.12. The second-order valence-electron chi connectivity index (χ2n) is 6.38. The summed E-state index contributed by atoms with van der Waals surface area (Å²) in [5, 5.41) is 12.3. The molecule has 0 radical (unpaired) electrons. The number of nitrogens with zero attached hydrogens (tertiary/aromatic N) is 3. The number of fused-ring (bicyclic) bond motifs is 1. The summed E-state index contributed by atoms with van der Waals surface area (Å²) in [5.74, 6) is 0.476. The largest absolute Gasteiger partial charge is 0.411 e. The van der Waals surface area contributed by atoms with Crippen LogP contribution in [0.2, 0.25) is 0 Å². The molecular formula is C21H18N4O2S. The molecule has 0 bridgehead atoms. The number of rotatable bonds is 5. The molecule has 0 aliphatic carbocycles. The number of hydrogen-bond acceptors (Lipinski definition) is 6. The molecule has 0 atom stereocenters. The second-order valence-corrected chi connectivity index (χ2v) is 7.31. The molecule has 0 aliphatic heterocycles. The van der Waals surface area contributed by atoms with Gasteiger partial charge in [0.2, 0.25) is 11.8 Å². The minimum Gasteiger partial charge on any atom is -0.411 e. The molecule has 0 saturated carbocycles. The van der Waals surface area contributed by atoms with E-state index in [2.05, 4.69) is 27.4 Å². The maximum atomic E-state index is 12.3. The number of aromatic nitrogens is 3. The number of aryl methyl sites for hydroxylation is 2. The molecule has 4 rings (SSSR count). The molecule has 7 heteroatoms. The van der Waals surface area contributed by atoms with Crippen LogP contribution in [-0.4, -0.2) is 26.8 Å². The van der Waals surface area contributed by atoms with Gasteiger partial charge >= 0.3 is 0 Å². The van der Waals surface area contributed by atoms with Gasteiger partial charge in [-0.05, 0) is 61.4 Å².